The lowest BCUT2D eigenvalue weighted by Gasteiger charge is -2.28. The molecule has 0 bridgehead atoms. The van der Waals surface area contributed by atoms with E-state index in [0.717, 1.165) is 11.1 Å². The fraction of sp³-hybridized carbons (Fsp3) is 0.500. The molecular formula is C16H22N2O3. The summed E-state index contributed by atoms with van der Waals surface area (Å²) in [6.45, 7) is 9.53. The maximum Gasteiger partial charge on any atom is 0.407 e. The summed E-state index contributed by atoms with van der Waals surface area (Å²) in [6, 6.07) is 7.61. The van der Waals surface area contributed by atoms with Gasteiger partial charge in [0.1, 0.15) is 0 Å². The van der Waals surface area contributed by atoms with Crippen LogP contribution in [0.5, 0.6) is 0 Å². The third kappa shape index (κ3) is 4.43. The van der Waals surface area contributed by atoms with Gasteiger partial charge in [-0.3, -0.25) is 0 Å². The smallest absolute Gasteiger partial charge is 0.407 e. The van der Waals surface area contributed by atoms with Gasteiger partial charge in [-0.25, -0.2) is 9.59 Å². The Kier molecular flexibility index (Phi) is 5.28. The van der Waals surface area contributed by atoms with Crippen molar-refractivity contribution in [2.45, 2.75) is 45.7 Å². The Bertz CT molecular complexity index is 558. The van der Waals surface area contributed by atoms with Gasteiger partial charge in [0, 0.05) is 0 Å². The minimum atomic E-state index is -0.655. The van der Waals surface area contributed by atoms with Crippen LogP contribution in [0.3, 0.4) is 0 Å². The molecule has 1 aromatic rings. The first-order valence-corrected chi connectivity index (χ1v) is 6.88. The van der Waals surface area contributed by atoms with Crippen LogP contribution in [0.25, 0.3) is 0 Å². The van der Waals surface area contributed by atoms with Gasteiger partial charge in [0.15, 0.2) is 0 Å². The lowest BCUT2D eigenvalue weighted by molar-refractivity contribution is 0.141. The van der Waals surface area contributed by atoms with Crippen molar-refractivity contribution in [3.05, 3.63) is 35.4 Å². The first-order chi connectivity index (χ1) is 9.73. The first-order valence-electron chi connectivity index (χ1n) is 6.88. The molecule has 1 N–H and O–H groups in total. The monoisotopic (exact) mass is 290 g/mol. The van der Waals surface area contributed by atoms with Crippen LogP contribution in [0.4, 0.5) is 4.79 Å². The van der Waals surface area contributed by atoms with Crippen molar-refractivity contribution in [2.75, 3.05) is 6.61 Å². The summed E-state index contributed by atoms with van der Waals surface area (Å²) >= 11 is 0. The standard InChI is InChI=1S/C16H22N2O3/c1-6-21-14(20)18-16(4,5)13-9-7-8-12(10-13)15(2,3)17-11-19/h7-10H,6H2,1-5H3,(H,18,20). The molecule has 1 amide bonds. The summed E-state index contributed by atoms with van der Waals surface area (Å²) in [6.07, 6.45) is 1.14. The van der Waals surface area contributed by atoms with Crippen molar-refractivity contribution in [2.24, 2.45) is 4.99 Å². The number of nitrogens with zero attached hydrogens (tertiary/aromatic N) is 1. The number of ether oxygens (including phenoxy) is 1. The molecule has 0 aliphatic rings. The maximum absolute atomic E-state index is 11.6. The van der Waals surface area contributed by atoms with E-state index in [1.165, 1.54) is 0 Å². The molecule has 0 radical (unpaired) electrons. The molecule has 0 atom stereocenters. The van der Waals surface area contributed by atoms with E-state index < -0.39 is 17.2 Å². The van der Waals surface area contributed by atoms with Gasteiger partial charge in [0.05, 0.1) is 17.7 Å². The largest absolute Gasteiger partial charge is 0.450 e. The molecule has 21 heavy (non-hydrogen) atoms. The first kappa shape index (κ1) is 16.9. The third-order valence-electron chi connectivity index (χ3n) is 3.31. The Morgan fingerprint density at radius 3 is 2.48 bits per heavy atom. The van der Waals surface area contributed by atoms with Crippen LogP contribution in [0.1, 0.15) is 45.7 Å². The van der Waals surface area contributed by atoms with E-state index in [9.17, 15) is 9.59 Å². The number of carbonyl (C=O) groups excluding carboxylic acids is 2. The zero-order valence-corrected chi connectivity index (χ0v) is 13.2. The molecule has 0 unspecified atom stereocenters. The number of nitrogens with one attached hydrogen (secondary N) is 1. The summed E-state index contributed by atoms with van der Waals surface area (Å²) in [7, 11) is 0. The van der Waals surface area contributed by atoms with Gasteiger partial charge >= 0.3 is 6.09 Å². The number of carbonyl (C=O) groups is 1. The van der Waals surface area contributed by atoms with Gasteiger partial charge in [-0.2, -0.15) is 4.99 Å². The van der Waals surface area contributed by atoms with E-state index in [0.29, 0.717) is 6.61 Å². The molecule has 114 valence electrons. The lowest BCUT2D eigenvalue weighted by Crippen LogP contribution is -2.41. The van der Waals surface area contributed by atoms with Crippen molar-refractivity contribution in [1.29, 1.82) is 0 Å². The molecule has 0 aromatic heterocycles. The molecule has 5 nitrogen and oxygen atoms in total. The molecule has 0 spiro atoms. The molecule has 0 aliphatic carbocycles. The number of hydrogen-bond donors (Lipinski definition) is 1. The number of aliphatic imine (C=N–C) groups is 1. The van der Waals surface area contributed by atoms with E-state index in [1.807, 2.05) is 52.0 Å². The molecule has 0 saturated carbocycles. The Labute approximate surface area is 125 Å². The van der Waals surface area contributed by atoms with Gasteiger partial charge in [-0.1, -0.05) is 24.3 Å². The molecular weight excluding hydrogens is 268 g/mol. The fourth-order valence-corrected chi connectivity index (χ4v) is 1.96. The van der Waals surface area contributed by atoms with E-state index in [-0.39, 0.29) is 0 Å². The van der Waals surface area contributed by atoms with Gasteiger partial charge in [-0.05, 0) is 45.7 Å². The number of hydrogen-bond acceptors (Lipinski definition) is 4. The van der Waals surface area contributed by atoms with Crippen LogP contribution in [-0.4, -0.2) is 18.8 Å². The van der Waals surface area contributed by atoms with Crippen molar-refractivity contribution in [3.8, 4) is 0 Å². The van der Waals surface area contributed by atoms with Gasteiger partial charge in [0.25, 0.3) is 0 Å². The van der Waals surface area contributed by atoms with Crippen molar-refractivity contribution in [3.63, 3.8) is 0 Å². The fourth-order valence-electron chi connectivity index (χ4n) is 1.96. The normalized spacial score (nSPS) is 11.5. The molecule has 0 heterocycles. The van der Waals surface area contributed by atoms with Crippen LogP contribution < -0.4 is 5.32 Å². The maximum atomic E-state index is 11.6. The molecule has 5 heteroatoms. The molecule has 1 aromatic carbocycles. The van der Waals surface area contributed by atoms with Gasteiger partial charge < -0.3 is 10.1 Å². The summed E-state index contributed by atoms with van der Waals surface area (Å²) < 4.78 is 4.92. The number of rotatable bonds is 5. The quantitative estimate of drug-likeness (QED) is 0.668. The third-order valence-corrected chi connectivity index (χ3v) is 3.31. The summed E-state index contributed by atoms with van der Waals surface area (Å²) in [5, 5.41) is 2.82. The van der Waals surface area contributed by atoms with Crippen molar-refractivity contribution >= 4 is 12.2 Å². The minimum absolute atomic E-state index is 0.322. The van der Waals surface area contributed by atoms with Crippen LogP contribution >= 0.6 is 0 Å². The predicted octanol–water partition coefficient (Wildman–Crippen LogP) is 3.24. The van der Waals surface area contributed by atoms with Crippen LogP contribution in [0.2, 0.25) is 0 Å². The molecule has 0 aliphatic heterocycles. The van der Waals surface area contributed by atoms with Crippen LogP contribution in [0, 0.1) is 0 Å². The molecule has 0 fully saturated rings. The SMILES string of the molecule is CCOC(=O)NC(C)(C)c1cccc(C(C)(C)N=C=O)c1. The number of isocyanates is 1. The van der Waals surface area contributed by atoms with E-state index in [4.69, 9.17) is 4.74 Å². The Morgan fingerprint density at radius 2 is 1.90 bits per heavy atom. The zero-order valence-electron chi connectivity index (χ0n) is 13.2. The van der Waals surface area contributed by atoms with Crippen LogP contribution in [0.15, 0.2) is 29.3 Å². The second kappa shape index (κ2) is 6.55. The molecule has 0 saturated heterocycles. The Balaban J connectivity index is 3.09. The highest BCUT2D eigenvalue weighted by atomic mass is 16.5. The average Bonchev–Trinajstić information content (AvgIpc) is 2.38. The van der Waals surface area contributed by atoms with Crippen molar-refractivity contribution in [1.82, 2.24) is 5.32 Å². The summed E-state index contributed by atoms with van der Waals surface area (Å²) in [5.74, 6) is 0. The summed E-state index contributed by atoms with van der Waals surface area (Å²) in [4.78, 5) is 26.0. The second-order valence-electron chi connectivity index (χ2n) is 5.81. The minimum Gasteiger partial charge on any atom is -0.450 e. The highest BCUT2D eigenvalue weighted by molar-refractivity contribution is 5.68. The number of amides is 1. The van der Waals surface area contributed by atoms with Crippen LogP contribution in [-0.2, 0) is 20.6 Å². The van der Waals surface area contributed by atoms with Gasteiger partial charge in [0.2, 0.25) is 6.08 Å². The Hall–Kier alpha value is -2.13. The molecule has 1 rings (SSSR count). The van der Waals surface area contributed by atoms with E-state index in [1.54, 1.807) is 13.0 Å². The number of benzene rings is 1. The predicted molar refractivity (Wildman–Crippen MR) is 80.8 cm³/mol. The average molecular weight is 290 g/mol. The summed E-state index contributed by atoms with van der Waals surface area (Å²) in [5.41, 5.74) is 0.533. The Morgan fingerprint density at radius 1 is 1.29 bits per heavy atom. The topological polar surface area (TPSA) is 67.8 Å². The lowest BCUT2D eigenvalue weighted by atomic mass is 9.88. The number of alkyl carbamates (subject to hydrolysis) is 1. The van der Waals surface area contributed by atoms with E-state index >= 15 is 0 Å². The second-order valence-corrected chi connectivity index (χ2v) is 5.81. The highest BCUT2D eigenvalue weighted by Gasteiger charge is 2.26. The zero-order chi connectivity index (χ0) is 16.1. The van der Waals surface area contributed by atoms with E-state index in [2.05, 4.69) is 10.3 Å². The van der Waals surface area contributed by atoms with Gasteiger partial charge in [-0.15, -0.1) is 0 Å². The highest BCUT2D eigenvalue weighted by Crippen LogP contribution is 2.28. The van der Waals surface area contributed by atoms with Crippen molar-refractivity contribution < 1.29 is 14.3 Å².